The van der Waals surface area contributed by atoms with E-state index in [1.165, 1.54) is 11.3 Å². The summed E-state index contributed by atoms with van der Waals surface area (Å²) in [5, 5.41) is 3.32. The predicted octanol–water partition coefficient (Wildman–Crippen LogP) is 4.79. The monoisotopic (exact) mass is 388 g/mol. The summed E-state index contributed by atoms with van der Waals surface area (Å²) in [6, 6.07) is 17.6. The van der Waals surface area contributed by atoms with Crippen molar-refractivity contribution in [3.05, 3.63) is 71.5 Å². The van der Waals surface area contributed by atoms with E-state index in [1.807, 2.05) is 25.1 Å². The van der Waals surface area contributed by atoms with E-state index in [0.29, 0.717) is 18.0 Å². The molecule has 6 nitrogen and oxygen atoms in total. The molecule has 0 atom stereocenters. The summed E-state index contributed by atoms with van der Waals surface area (Å²) in [5.41, 5.74) is 3.93. The van der Waals surface area contributed by atoms with E-state index >= 15 is 0 Å². The van der Waals surface area contributed by atoms with Crippen molar-refractivity contribution in [3.8, 4) is 0 Å². The summed E-state index contributed by atoms with van der Waals surface area (Å²) in [7, 11) is 0. The highest BCUT2D eigenvalue weighted by atomic mass is 16.5. The highest BCUT2D eigenvalue weighted by molar-refractivity contribution is 5.89. The van der Waals surface area contributed by atoms with Gasteiger partial charge in [0.05, 0.1) is 12.2 Å². The second-order valence-electron chi connectivity index (χ2n) is 6.97. The van der Waals surface area contributed by atoms with Crippen molar-refractivity contribution in [1.29, 1.82) is 0 Å². The number of para-hydroxylation sites is 1. The zero-order valence-electron chi connectivity index (χ0n) is 16.7. The molecule has 0 spiro atoms. The van der Waals surface area contributed by atoms with Crippen LogP contribution in [0.25, 0.3) is 0 Å². The molecule has 1 aromatic heterocycles. The Morgan fingerprint density at radius 2 is 1.93 bits per heavy atom. The molecule has 0 unspecified atom stereocenters. The number of esters is 1. The lowest BCUT2D eigenvalue weighted by molar-refractivity contribution is 0.0526. The van der Waals surface area contributed by atoms with Crippen LogP contribution in [0.2, 0.25) is 0 Å². The second-order valence-corrected chi connectivity index (χ2v) is 6.97. The Hall–Kier alpha value is -3.41. The molecule has 0 fully saturated rings. The molecule has 6 heteroatoms. The van der Waals surface area contributed by atoms with Gasteiger partial charge in [0.1, 0.15) is 17.5 Å². The zero-order chi connectivity index (χ0) is 20.2. The van der Waals surface area contributed by atoms with E-state index in [4.69, 9.17) is 4.74 Å². The van der Waals surface area contributed by atoms with Gasteiger partial charge in [0, 0.05) is 24.0 Å². The van der Waals surface area contributed by atoms with Crippen LogP contribution in [0.1, 0.15) is 35.1 Å². The first-order valence-corrected chi connectivity index (χ1v) is 9.89. The Balaban J connectivity index is 1.58. The molecule has 4 rings (SSSR count). The van der Waals surface area contributed by atoms with Crippen LogP contribution in [0.4, 0.5) is 23.0 Å². The summed E-state index contributed by atoms with van der Waals surface area (Å²) < 4.78 is 5.03. The summed E-state index contributed by atoms with van der Waals surface area (Å²) in [5.74, 6) is 1.99. The van der Waals surface area contributed by atoms with Gasteiger partial charge in [0.15, 0.2) is 0 Å². The second kappa shape index (κ2) is 8.31. The van der Waals surface area contributed by atoms with Gasteiger partial charge in [-0.1, -0.05) is 18.2 Å². The van der Waals surface area contributed by atoms with Gasteiger partial charge in [-0.25, -0.2) is 14.8 Å². The Morgan fingerprint density at radius 3 is 2.72 bits per heavy atom. The van der Waals surface area contributed by atoms with E-state index in [9.17, 15) is 4.79 Å². The number of hydrogen-bond acceptors (Lipinski definition) is 6. The molecule has 1 N–H and O–H groups in total. The average molecular weight is 388 g/mol. The molecule has 2 aromatic carbocycles. The van der Waals surface area contributed by atoms with Gasteiger partial charge in [0.2, 0.25) is 0 Å². The van der Waals surface area contributed by atoms with E-state index in [0.717, 1.165) is 36.7 Å². The Morgan fingerprint density at radius 1 is 1.14 bits per heavy atom. The minimum Gasteiger partial charge on any atom is -0.462 e. The summed E-state index contributed by atoms with van der Waals surface area (Å²) in [6.45, 7) is 4.99. The van der Waals surface area contributed by atoms with E-state index < -0.39 is 0 Å². The van der Waals surface area contributed by atoms with E-state index in [2.05, 4.69) is 44.5 Å². The van der Waals surface area contributed by atoms with Crippen LogP contribution >= 0.6 is 0 Å². The van der Waals surface area contributed by atoms with Crippen molar-refractivity contribution in [2.75, 3.05) is 23.4 Å². The zero-order valence-corrected chi connectivity index (χ0v) is 16.7. The third kappa shape index (κ3) is 4.21. The number of fused-ring (bicyclic) bond motifs is 1. The minimum absolute atomic E-state index is 0.317. The lowest BCUT2D eigenvalue weighted by Gasteiger charge is -2.30. The number of aryl methyl sites for hydroxylation is 2. The van der Waals surface area contributed by atoms with Crippen molar-refractivity contribution in [2.45, 2.75) is 26.7 Å². The third-order valence-electron chi connectivity index (χ3n) is 4.88. The summed E-state index contributed by atoms with van der Waals surface area (Å²) in [4.78, 5) is 23.3. The molecule has 0 saturated carbocycles. The number of rotatable bonds is 5. The molecule has 0 radical (unpaired) electrons. The lowest BCUT2D eigenvalue weighted by Crippen LogP contribution is -2.25. The normalized spacial score (nSPS) is 13.0. The van der Waals surface area contributed by atoms with Crippen LogP contribution in [0.3, 0.4) is 0 Å². The van der Waals surface area contributed by atoms with E-state index in [1.54, 1.807) is 19.1 Å². The van der Waals surface area contributed by atoms with Crippen molar-refractivity contribution >= 4 is 29.0 Å². The number of benzene rings is 2. The molecule has 1 aliphatic heterocycles. The van der Waals surface area contributed by atoms with Crippen LogP contribution in [-0.4, -0.2) is 29.1 Å². The van der Waals surface area contributed by atoms with Crippen molar-refractivity contribution in [1.82, 2.24) is 9.97 Å². The maximum absolute atomic E-state index is 11.8. The third-order valence-corrected chi connectivity index (χ3v) is 4.88. The first kappa shape index (κ1) is 18.9. The number of hydrogen-bond donors (Lipinski definition) is 1. The highest BCUT2D eigenvalue weighted by Crippen LogP contribution is 2.33. The Kier molecular flexibility index (Phi) is 5.42. The number of aromatic nitrogens is 2. The van der Waals surface area contributed by atoms with Crippen LogP contribution in [-0.2, 0) is 11.2 Å². The predicted molar refractivity (Wildman–Crippen MR) is 114 cm³/mol. The van der Waals surface area contributed by atoms with Gasteiger partial charge >= 0.3 is 5.97 Å². The number of nitrogens with one attached hydrogen (secondary N) is 1. The summed E-state index contributed by atoms with van der Waals surface area (Å²) in [6.07, 6.45) is 2.19. The number of carbonyl (C=O) groups is 1. The fourth-order valence-electron chi connectivity index (χ4n) is 3.58. The molecule has 0 amide bonds. The van der Waals surface area contributed by atoms with E-state index in [-0.39, 0.29) is 5.97 Å². The minimum atomic E-state index is -0.317. The largest absolute Gasteiger partial charge is 0.462 e. The number of ether oxygens (including phenoxy) is 1. The molecule has 3 aromatic rings. The SMILES string of the molecule is CCOC(=O)c1ccc(Nc2cc(N3CCCc4ccccc43)nc(C)n2)cc1. The molecule has 2 heterocycles. The molecule has 148 valence electrons. The topological polar surface area (TPSA) is 67.3 Å². The lowest BCUT2D eigenvalue weighted by atomic mass is 10.0. The fourth-order valence-corrected chi connectivity index (χ4v) is 3.58. The highest BCUT2D eigenvalue weighted by Gasteiger charge is 2.19. The molecular weight excluding hydrogens is 364 g/mol. The first-order valence-electron chi connectivity index (χ1n) is 9.89. The maximum atomic E-state index is 11.8. The maximum Gasteiger partial charge on any atom is 0.338 e. The number of nitrogens with zero attached hydrogens (tertiary/aromatic N) is 3. The van der Waals surface area contributed by atoms with Crippen molar-refractivity contribution < 1.29 is 9.53 Å². The van der Waals surface area contributed by atoms with Crippen LogP contribution in [0.5, 0.6) is 0 Å². The molecule has 1 aliphatic rings. The van der Waals surface area contributed by atoms with Gasteiger partial charge in [0.25, 0.3) is 0 Å². The number of carbonyl (C=O) groups excluding carboxylic acids is 1. The fraction of sp³-hybridized carbons (Fsp3) is 0.261. The van der Waals surface area contributed by atoms with Crippen molar-refractivity contribution in [2.24, 2.45) is 0 Å². The Labute approximate surface area is 170 Å². The van der Waals surface area contributed by atoms with Crippen LogP contribution in [0, 0.1) is 6.92 Å². The first-order chi connectivity index (χ1) is 14.1. The number of anilines is 4. The smallest absolute Gasteiger partial charge is 0.338 e. The van der Waals surface area contributed by atoms with Crippen LogP contribution < -0.4 is 10.2 Å². The quantitative estimate of drug-likeness (QED) is 0.634. The molecule has 0 bridgehead atoms. The summed E-state index contributed by atoms with van der Waals surface area (Å²) >= 11 is 0. The van der Waals surface area contributed by atoms with Gasteiger partial charge in [-0.2, -0.15) is 0 Å². The average Bonchev–Trinajstić information content (AvgIpc) is 2.73. The molecular formula is C23H24N4O2. The van der Waals surface area contributed by atoms with Crippen LogP contribution in [0.15, 0.2) is 54.6 Å². The van der Waals surface area contributed by atoms with Gasteiger partial charge in [-0.15, -0.1) is 0 Å². The van der Waals surface area contributed by atoms with Crippen molar-refractivity contribution in [3.63, 3.8) is 0 Å². The van der Waals surface area contributed by atoms with Gasteiger partial charge in [-0.3, -0.25) is 0 Å². The molecule has 0 saturated heterocycles. The molecule has 0 aliphatic carbocycles. The standard InChI is InChI=1S/C23H24N4O2/c1-3-29-23(28)18-10-12-19(13-11-18)26-21-15-22(25-16(2)24-21)27-14-6-8-17-7-4-5-9-20(17)27/h4-5,7,9-13,15H,3,6,8,14H2,1-2H3,(H,24,25,26). The van der Waals surface area contributed by atoms with Gasteiger partial charge < -0.3 is 15.0 Å². The van der Waals surface area contributed by atoms with Gasteiger partial charge in [-0.05, 0) is 62.6 Å². The Bertz CT molecular complexity index is 1020. The molecule has 29 heavy (non-hydrogen) atoms.